The second-order valence-electron chi connectivity index (χ2n) is 5.00. The SMILES string of the molecule is Clc1cccc(C(Br)Cc2ccc3ccccc3c2)c1Cl. The molecule has 0 bridgehead atoms. The molecule has 0 N–H and O–H groups in total. The van der Waals surface area contributed by atoms with Crippen molar-refractivity contribution in [3.63, 3.8) is 0 Å². The van der Waals surface area contributed by atoms with Crippen LogP contribution in [0.4, 0.5) is 0 Å². The third-order valence-corrected chi connectivity index (χ3v) is 5.20. The molecule has 1 atom stereocenters. The lowest BCUT2D eigenvalue weighted by Gasteiger charge is -2.13. The Morgan fingerprint density at radius 3 is 2.43 bits per heavy atom. The molecule has 3 heteroatoms. The molecule has 0 saturated carbocycles. The van der Waals surface area contributed by atoms with Crippen LogP contribution in [0.15, 0.2) is 60.7 Å². The van der Waals surface area contributed by atoms with Gasteiger partial charge in [0, 0.05) is 4.83 Å². The average molecular weight is 380 g/mol. The first kappa shape index (κ1) is 14.9. The van der Waals surface area contributed by atoms with Gasteiger partial charge in [-0.05, 0) is 34.4 Å². The molecule has 0 fully saturated rings. The highest BCUT2D eigenvalue weighted by Gasteiger charge is 2.14. The molecule has 3 aromatic carbocycles. The first-order chi connectivity index (χ1) is 10.1. The second kappa shape index (κ2) is 6.39. The first-order valence-corrected chi connectivity index (χ1v) is 8.38. The van der Waals surface area contributed by atoms with Crippen molar-refractivity contribution in [3.05, 3.63) is 81.8 Å². The van der Waals surface area contributed by atoms with Gasteiger partial charge in [0.15, 0.2) is 0 Å². The van der Waals surface area contributed by atoms with Crippen LogP contribution in [-0.2, 0) is 6.42 Å². The first-order valence-electron chi connectivity index (χ1n) is 6.71. The zero-order chi connectivity index (χ0) is 14.8. The van der Waals surface area contributed by atoms with E-state index in [2.05, 4.69) is 58.4 Å². The number of fused-ring (bicyclic) bond motifs is 1. The highest BCUT2D eigenvalue weighted by atomic mass is 79.9. The molecule has 0 aliphatic carbocycles. The van der Waals surface area contributed by atoms with E-state index in [9.17, 15) is 0 Å². The van der Waals surface area contributed by atoms with Crippen LogP contribution in [-0.4, -0.2) is 0 Å². The molecule has 0 amide bonds. The summed E-state index contributed by atoms with van der Waals surface area (Å²) in [5.41, 5.74) is 2.30. The summed E-state index contributed by atoms with van der Waals surface area (Å²) < 4.78 is 0. The maximum absolute atomic E-state index is 6.29. The molecule has 21 heavy (non-hydrogen) atoms. The molecule has 0 saturated heterocycles. The van der Waals surface area contributed by atoms with E-state index in [0.29, 0.717) is 10.0 Å². The predicted molar refractivity (Wildman–Crippen MR) is 95.8 cm³/mol. The molecular weight excluding hydrogens is 367 g/mol. The number of hydrogen-bond acceptors (Lipinski definition) is 0. The molecule has 0 aromatic heterocycles. The molecule has 0 radical (unpaired) electrons. The minimum Gasteiger partial charge on any atom is -0.0835 e. The number of benzene rings is 3. The largest absolute Gasteiger partial charge is 0.0835 e. The van der Waals surface area contributed by atoms with Crippen molar-refractivity contribution in [2.75, 3.05) is 0 Å². The van der Waals surface area contributed by atoms with E-state index in [4.69, 9.17) is 23.2 Å². The molecular formula is C18H13BrCl2. The Morgan fingerprint density at radius 2 is 1.62 bits per heavy atom. The molecule has 0 aliphatic rings. The Labute approximate surface area is 142 Å². The quantitative estimate of drug-likeness (QED) is 0.437. The van der Waals surface area contributed by atoms with E-state index in [1.54, 1.807) is 0 Å². The van der Waals surface area contributed by atoms with Crippen LogP contribution in [0.1, 0.15) is 16.0 Å². The molecule has 3 aromatic rings. The van der Waals surface area contributed by atoms with E-state index < -0.39 is 0 Å². The standard InChI is InChI=1S/C18H13BrCl2/c19-16(15-6-3-7-17(20)18(15)21)11-12-8-9-13-4-1-2-5-14(13)10-12/h1-10,16H,11H2. The summed E-state index contributed by atoms with van der Waals surface area (Å²) in [6.45, 7) is 0. The Morgan fingerprint density at radius 1 is 0.857 bits per heavy atom. The van der Waals surface area contributed by atoms with Crippen LogP contribution in [0.25, 0.3) is 10.8 Å². The zero-order valence-electron chi connectivity index (χ0n) is 11.2. The van der Waals surface area contributed by atoms with Gasteiger partial charge < -0.3 is 0 Å². The Hall–Kier alpha value is -1.02. The molecule has 0 nitrogen and oxygen atoms in total. The molecule has 0 aliphatic heterocycles. The van der Waals surface area contributed by atoms with Crippen molar-refractivity contribution in [3.8, 4) is 0 Å². The van der Waals surface area contributed by atoms with Gasteiger partial charge in [-0.15, -0.1) is 0 Å². The van der Waals surface area contributed by atoms with Gasteiger partial charge in [0.05, 0.1) is 10.0 Å². The predicted octanol–water partition coefficient (Wildman–Crippen LogP) is 6.83. The van der Waals surface area contributed by atoms with Gasteiger partial charge in [0.2, 0.25) is 0 Å². The van der Waals surface area contributed by atoms with Crippen molar-refractivity contribution < 1.29 is 0 Å². The number of alkyl halides is 1. The van der Waals surface area contributed by atoms with Crippen LogP contribution in [0.5, 0.6) is 0 Å². The van der Waals surface area contributed by atoms with Crippen molar-refractivity contribution in [1.29, 1.82) is 0 Å². The maximum atomic E-state index is 6.29. The molecule has 0 heterocycles. The number of halogens is 3. The van der Waals surface area contributed by atoms with E-state index in [1.807, 2.05) is 18.2 Å². The molecule has 3 rings (SSSR count). The fourth-order valence-corrected chi connectivity index (χ4v) is 3.77. The summed E-state index contributed by atoms with van der Waals surface area (Å²) in [4.78, 5) is 0.143. The smallest absolute Gasteiger partial charge is 0.0635 e. The van der Waals surface area contributed by atoms with Crippen LogP contribution >= 0.6 is 39.1 Å². The van der Waals surface area contributed by atoms with Gasteiger partial charge in [-0.3, -0.25) is 0 Å². The van der Waals surface area contributed by atoms with Crippen molar-refractivity contribution in [2.45, 2.75) is 11.2 Å². The molecule has 1 unspecified atom stereocenters. The summed E-state index contributed by atoms with van der Waals surface area (Å²) in [5.74, 6) is 0. The van der Waals surface area contributed by atoms with E-state index >= 15 is 0 Å². The highest BCUT2D eigenvalue weighted by Crippen LogP contribution is 2.36. The Kier molecular flexibility index (Phi) is 4.54. The van der Waals surface area contributed by atoms with E-state index in [-0.39, 0.29) is 4.83 Å². The summed E-state index contributed by atoms with van der Waals surface area (Å²) in [6.07, 6.45) is 0.866. The van der Waals surface area contributed by atoms with Crippen LogP contribution in [0.3, 0.4) is 0 Å². The lowest BCUT2D eigenvalue weighted by molar-refractivity contribution is 0.951. The maximum Gasteiger partial charge on any atom is 0.0635 e. The lowest BCUT2D eigenvalue weighted by Crippen LogP contribution is -1.96. The molecule has 106 valence electrons. The minimum atomic E-state index is 0.143. The van der Waals surface area contributed by atoms with Crippen LogP contribution in [0, 0.1) is 0 Å². The Balaban J connectivity index is 1.89. The summed E-state index contributed by atoms with van der Waals surface area (Å²) in [6, 6.07) is 20.7. The van der Waals surface area contributed by atoms with Crippen molar-refractivity contribution in [2.24, 2.45) is 0 Å². The van der Waals surface area contributed by atoms with Gasteiger partial charge in [0.1, 0.15) is 0 Å². The summed E-state index contributed by atoms with van der Waals surface area (Å²) in [7, 11) is 0. The van der Waals surface area contributed by atoms with E-state index in [0.717, 1.165) is 12.0 Å². The third-order valence-electron chi connectivity index (χ3n) is 3.55. The third kappa shape index (κ3) is 3.26. The van der Waals surface area contributed by atoms with Gasteiger partial charge in [-0.1, -0.05) is 93.7 Å². The normalized spacial score (nSPS) is 12.5. The summed E-state index contributed by atoms with van der Waals surface area (Å²) in [5, 5.41) is 3.74. The van der Waals surface area contributed by atoms with E-state index in [1.165, 1.54) is 16.3 Å². The second-order valence-corrected chi connectivity index (χ2v) is 6.89. The molecule has 0 spiro atoms. The van der Waals surface area contributed by atoms with Gasteiger partial charge in [-0.2, -0.15) is 0 Å². The number of hydrogen-bond donors (Lipinski definition) is 0. The van der Waals surface area contributed by atoms with Crippen LogP contribution in [0.2, 0.25) is 10.0 Å². The van der Waals surface area contributed by atoms with Crippen molar-refractivity contribution in [1.82, 2.24) is 0 Å². The van der Waals surface area contributed by atoms with Gasteiger partial charge >= 0.3 is 0 Å². The van der Waals surface area contributed by atoms with Gasteiger partial charge in [0.25, 0.3) is 0 Å². The lowest BCUT2D eigenvalue weighted by atomic mass is 10.0. The zero-order valence-corrected chi connectivity index (χ0v) is 14.3. The van der Waals surface area contributed by atoms with Crippen LogP contribution < -0.4 is 0 Å². The number of rotatable bonds is 3. The highest BCUT2D eigenvalue weighted by molar-refractivity contribution is 9.09. The Bertz CT molecular complexity index is 783. The average Bonchev–Trinajstić information content (AvgIpc) is 2.50. The van der Waals surface area contributed by atoms with Gasteiger partial charge in [-0.25, -0.2) is 0 Å². The fourth-order valence-electron chi connectivity index (χ4n) is 2.45. The topological polar surface area (TPSA) is 0 Å². The monoisotopic (exact) mass is 378 g/mol. The summed E-state index contributed by atoms with van der Waals surface area (Å²) >= 11 is 16.1. The van der Waals surface area contributed by atoms with Crippen molar-refractivity contribution >= 4 is 49.9 Å². The minimum absolute atomic E-state index is 0.143. The fraction of sp³-hybridized carbons (Fsp3) is 0.111.